The monoisotopic (exact) mass is 889 g/mol. The zero-order valence-corrected chi connectivity index (χ0v) is 38.5. The molecule has 1 unspecified atom stereocenters. The average Bonchev–Trinajstić information content (AvgIpc) is 3.29. The number of aldehydes is 2. The number of nitrogen functional groups attached to an aromatic ring is 1. The minimum absolute atomic E-state index is 0.0409. The third-order valence-electron chi connectivity index (χ3n) is 13.2. The van der Waals surface area contributed by atoms with E-state index in [-0.39, 0.29) is 23.3 Å². The minimum Gasteiger partial charge on any atom is -0.384 e. The van der Waals surface area contributed by atoms with Crippen molar-refractivity contribution in [1.29, 1.82) is 0 Å². The van der Waals surface area contributed by atoms with Crippen LogP contribution in [0.3, 0.4) is 0 Å². The maximum absolute atomic E-state index is 11.4. The van der Waals surface area contributed by atoms with Gasteiger partial charge in [0.25, 0.3) is 0 Å². The molecule has 3 aromatic rings. The second-order valence-corrected chi connectivity index (χ2v) is 19.4. The molecule has 0 spiro atoms. The van der Waals surface area contributed by atoms with E-state index in [9.17, 15) is 14.4 Å². The molecule has 338 valence electrons. The molecule has 3 saturated heterocycles. The summed E-state index contributed by atoms with van der Waals surface area (Å²) >= 11 is 8.14. The zero-order valence-electron chi connectivity index (χ0n) is 36.9. The number of piperidine rings is 2. The van der Waals surface area contributed by atoms with Gasteiger partial charge in [-0.3, -0.25) is 4.79 Å². The van der Waals surface area contributed by atoms with E-state index in [1.54, 1.807) is 19.4 Å². The van der Waals surface area contributed by atoms with E-state index >= 15 is 0 Å². The largest absolute Gasteiger partial charge is 0.384 e. The highest BCUT2D eigenvalue weighted by Gasteiger charge is 2.28. The second kappa shape index (κ2) is 23.1. The molecule has 1 saturated carbocycles. The number of hydrogen-bond acceptors (Lipinski definition) is 14. The Morgan fingerprint density at radius 3 is 2.26 bits per heavy atom. The molecule has 0 bridgehead atoms. The van der Waals surface area contributed by atoms with E-state index in [2.05, 4.69) is 59.2 Å². The van der Waals surface area contributed by atoms with E-state index in [4.69, 9.17) is 23.1 Å². The smallest absolute Gasteiger partial charge is 0.219 e. The summed E-state index contributed by atoms with van der Waals surface area (Å²) in [6.07, 6.45) is 14.8. The molecule has 7 rings (SSSR count). The van der Waals surface area contributed by atoms with Crippen LogP contribution in [0.1, 0.15) is 82.6 Å². The molecule has 1 atom stereocenters. The van der Waals surface area contributed by atoms with Gasteiger partial charge in [0.2, 0.25) is 5.91 Å². The van der Waals surface area contributed by atoms with Gasteiger partial charge in [-0.05, 0) is 107 Å². The highest BCUT2D eigenvalue weighted by Crippen LogP contribution is 2.39. The van der Waals surface area contributed by atoms with Crippen molar-refractivity contribution in [2.24, 2.45) is 23.5 Å². The van der Waals surface area contributed by atoms with Crippen molar-refractivity contribution in [3.05, 3.63) is 53.3 Å². The summed E-state index contributed by atoms with van der Waals surface area (Å²) < 4.78 is 0. The standard InChI is InChI=1S/C24H33ClN6OS.C22H35N5O2/c1-24(27)9-11-31(12-10-24)20-14-29-23(22(26)30-20)33-19-4-2-3-18(21(19)25)28-13-16-5-7-17(15-32)8-6-16;1-23-22(29)6-4-20(17-28)19-3-5-21(24-15-19)27-9-7-18(8-10-27)16-26-13-11-25(2)12-14-26/h2-4,14-17,28H,5-13,27H2,1H3,(H2,26,30);3,5,15,17-18,20H,4,6-14,16H2,1-2H3,(H,23,29). The number of anilines is 4. The number of rotatable bonds is 15. The summed E-state index contributed by atoms with van der Waals surface area (Å²) in [5.74, 6) is 3.44. The van der Waals surface area contributed by atoms with Crippen LogP contribution in [0.4, 0.5) is 23.1 Å². The van der Waals surface area contributed by atoms with Crippen molar-refractivity contribution < 1.29 is 14.4 Å². The Hall–Kier alpha value is -4.02. The SMILES string of the molecule is CC1(N)CCN(c2cnc(Sc3cccc(NCC4CCC(C=O)CC4)c3Cl)c(N)n2)CC1.CNC(=O)CCC(C=O)c1ccc(N2CCC(CN3CCN(C)CC3)CC2)nc1. The van der Waals surface area contributed by atoms with Crippen LogP contribution >= 0.6 is 23.4 Å². The number of aromatic nitrogens is 3. The number of carbonyl (C=O) groups is 3. The molecule has 5 heterocycles. The van der Waals surface area contributed by atoms with Gasteiger partial charge < -0.3 is 51.3 Å². The number of benzene rings is 1. The number of piperazine rings is 1. The van der Waals surface area contributed by atoms with E-state index in [0.29, 0.717) is 34.6 Å². The second-order valence-electron chi connectivity index (χ2n) is 18.0. The molecular formula is C46H68ClN11O3S. The van der Waals surface area contributed by atoms with E-state index in [0.717, 1.165) is 118 Å². The number of nitrogens with zero attached hydrogens (tertiary/aromatic N) is 7. The first-order valence-corrected chi connectivity index (χ1v) is 23.7. The van der Waals surface area contributed by atoms with Crippen LogP contribution in [0.2, 0.25) is 5.02 Å². The quantitative estimate of drug-likeness (QED) is 0.132. The molecule has 3 aliphatic heterocycles. The van der Waals surface area contributed by atoms with Gasteiger partial charge in [0, 0.05) is 107 Å². The number of nitrogens with two attached hydrogens (primary N) is 2. The zero-order chi connectivity index (χ0) is 44.1. The number of nitrogens with one attached hydrogen (secondary N) is 2. The summed E-state index contributed by atoms with van der Waals surface area (Å²) in [5.41, 5.74) is 14.2. The Kier molecular flexibility index (Phi) is 17.7. The molecule has 1 amide bonds. The van der Waals surface area contributed by atoms with Crippen LogP contribution in [0.15, 0.2) is 52.6 Å². The topological polar surface area (TPSA) is 179 Å². The molecule has 1 aliphatic carbocycles. The Bertz CT molecular complexity index is 1890. The van der Waals surface area contributed by atoms with Gasteiger partial charge in [-0.25, -0.2) is 15.0 Å². The van der Waals surface area contributed by atoms with Crippen LogP contribution in [0, 0.1) is 17.8 Å². The van der Waals surface area contributed by atoms with Crippen molar-refractivity contribution in [3.8, 4) is 0 Å². The molecule has 4 fully saturated rings. The van der Waals surface area contributed by atoms with E-state index in [1.165, 1.54) is 57.3 Å². The van der Waals surface area contributed by atoms with Crippen LogP contribution in [0.5, 0.6) is 0 Å². The third-order valence-corrected chi connectivity index (χ3v) is 14.8. The van der Waals surface area contributed by atoms with E-state index < -0.39 is 0 Å². The van der Waals surface area contributed by atoms with Gasteiger partial charge in [-0.1, -0.05) is 35.5 Å². The van der Waals surface area contributed by atoms with Crippen molar-refractivity contribution in [2.45, 2.75) is 92.5 Å². The molecule has 0 radical (unpaired) electrons. The summed E-state index contributed by atoms with van der Waals surface area (Å²) in [6.45, 7) is 12.7. The molecule has 2 aromatic heterocycles. The van der Waals surface area contributed by atoms with Crippen LogP contribution in [-0.4, -0.2) is 128 Å². The Balaban J connectivity index is 0.000000209. The maximum Gasteiger partial charge on any atom is 0.219 e. The Morgan fingerprint density at radius 2 is 1.63 bits per heavy atom. The predicted octanol–water partition coefficient (Wildman–Crippen LogP) is 5.95. The lowest BCUT2D eigenvalue weighted by Crippen LogP contribution is -2.48. The number of halogens is 1. The number of pyridine rings is 1. The molecule has 62 heavy (non-hydrogen) atoms. The lowest BCUT2D eigenvalue weighted by atomic mass is 9.83. The van der Waals surface area contributed by atoms with Crippen LogP contribution in [0.25, 0.3) is 0 Å². The molecule has 14 nitrogen and oxygen atoms in total. The molecular weight excluding hydrogens is 822 g/mol. The first kappa shape index (κ1) is 47.5. The van der Waals surface area contributed by atoms with Gasteiger partial charge >= 0.3 is 0 Å². The normalized spacial score (nSPS) is 21.6. The fraction of sp³-hybridized carbons (Fsp3) is 0.609. The van der Waals surface area contributed by atoms with Gasteiger partial charge in [0.15, 0.2) is 5.82 Å². The summed E-state index contributed by atoms with van der Waals surface area (Å²) in [5, 5.41) is 7.40. The maximum atomic E-state index is 11.4. The van der Waals surface area contributed by atoms with E-state index in [1.807, 2.05) is 30.3 Å². The van der Waals surface area contributed by atoms with Gasteiger partial charge in [-0.15, -0.1) is 0 Å². The molecule has 16 heteroatoms. The number of amides is 1. The molecule has 6 N–H and O–H groups in total. The predicted molar refractivity (Wildman–Crippen MR) is 251 cm³/mol. The van der Waals surface area contributed by atoms with Crippen molar-refractivity contribution in [1.82, 2.24) is 30.1 Å². The van der Waals surface area contributed by atoms with Gasteiger partial charge in [0.1, 0.15) is 29.2 Å². The summed E-state index contributed by atoms with van der Waals surface area (Å²) in [4.78, 5) is 58.1. The van der Waals surface area contributed by atoms with Crippen molar-refractivity contribution in [3.63, 3.8) is 0 Å². The van der Waals surface area contributed by atoms with Crippen molar-refractivity contribution >= 4 is 65.0 Å². The first-order chi connectivity index (χ1) is 29.9. The lowest BCUT2D eigenvalue weighted by molar-refractivity contribution is -0.120. The highest BCUT2D eigenvalue weighted by molar-refractivity contribution is 7.99. The van der Waals surface area contributed by atoms with Crippen molar-refractivity contribution in [2.75, 3.05) is 100 Å². The third kappa shape index (κ3) is 13.7. The fourth-order valence-corrected chi connectivity index (χ4v) is 9.86. The van der Waals surface area contributed by atoms with Gasteiger partial charge in [0.05, 0.1) is 16.9 Å². The molecule has 4 aliphatic rings. The highest BCUT2D eigenvalue weighted by atomic mass is 35.5. The molecule has 1 aromatic carbocycles. The summed E-state index contributed by atoms with van der Waals surface area (Å²) in [7, 11) is 3.82. The van der Waals surface area contributed by atoms with Crippen LogP contribution in [-0.2, 0) is 14.4 Å². The minimum atomic E-state index is -0.275. The Morgan fingerprint density at radius 1 is 0.919 bits per heavy atom. The summed E-state index contributed by atoms with van der Waals surface area (Å²) in [6, 6.07) is 9.95. The average molecular weight is 891 g/mol. The lowest BCUT2D eigenvalue weighted by Gasteiger charge is -2.38. The number of carbonyl (C=O) groups excluding carboxylic acids is 3. The first-order valence-electron chi connectivity index (χ1n) is 22.5. The van der Waals surface area contributed by atoms with Gasteiger partial charge in [-0.2, -0.15) is 0 Å². The number of likely N-dealkylation sites (N-methyl/N-ethyl adjacent to an activating group) is 1. The Labute approximate surface area is 377 Å². The number of hydrogen-bond donors (Lipinski definition) is 4. The fourth-order valence-electron chi connectivity index (χ4n) is 8.74. The van der Waals surface area contributed by atoms with Crippen LogP contribution < -0.4 is 31.9 Å².